The Morgan fingerprint density at radius 3 is 2.82 bits per heavy atom. The topological polar surface area (TPSA) is 111 Å². The highest BCUT2D eigenvalue weighted by Crippen LogP contribution is 2.35. The van der Waals surface area contributed by atoms with Crippen LogP contribution in [-0.2, 0) is 11.3 Å². The minimum absolute atomic E-state index is 0.0612. The lowest BCUT2D eigenvalue weighted by Crippen LogP contribution is -2.39. The first-order chi connectivity index (χ1) is 18.7. The number of nitrogens with one attached hydrogen (secondary N) is 1. The van der Waals surface area contributed by atoms with Crippen molar-refractivity contribution in [2.75, 3.05) is 20.3 Å². The number of furan rings is 1. The molecule has 1 saturated carbocycles. The van der Waals surface area contributed by atoms with Crippen LogP contribution in [0.15, 0.2) is 51.9 Å². The maximum absolute atomic E-state index is 13.7. The van der Waals surface area contributed by atoms with Gasteiger partial charge < -0.3 is 18.9 Å². The zero-order chi connectivity index (χ0) is 25.9. The summed E-state index contributed by atoms with van der Waals surface area (Å²) in [7, 11) is 1.64. The van der Waals surface area contributed by atoms with E-state index in [0.29, 0.717) is 24.5 Å². The number of pyridine rings is 1. The van der Waals surface area contributed by atoms with Crippen LogP contribution in [0.4, 0.5) is 0 Å². The van der Waals surface area contributed by atoms with E-state index in [2.05, 4.69) is 25.4 Å². The van der Waals surface area contributed by atoms with E-state index >= 15 is 0 Å². The van der Waals surface area contributed by atoms with Crippen LogP contribution in [0, 0.1) is 0 Å². The number of nitrogens with zero attached hydrogens (tertiary/aromatic N) is 5. The highest BCUT2D eigenvalue weighted by molar-refractivity contribution is 5.80. The van der Waals surface area contributed by atoms with Gasteiger partial charge in [-0.05, 0) is 72.5 Å². The fourth-order valence-corrected chi connectivity index (χ4v) is 5.91. The molecule has 3 aromatic heterocycles. The fraction of sp³-hybridized carbons (Fsp3) is 0.500. The monoisotopic (exact) mass is 518 g/mol. The largest absolute Gasteiger partial charge is 0.497 e. The van der Waals surface area contributed by atoms with Crippen molar-refractivity contribution in [3.8, 4) is 5.75 Å². The van der Waals surface area contributed by atoms with Gasteiger partial charge in [-0.15, -0.1) is 5.10 Å². The molecule has 6 rings (SSSR count). The Morgan fingerprint density at radius 1 is 1.16 bits per heavy atom. The molecular weight excluding hydrogens is 484 g/mol. The highest BCUT2D eigenvalue weighted by atomic mass is 16.5. The predicted molar refractivity (Wildman–Crippen MR) is 141 cm³/mol. The lowest BCUT2D eigenvalue weighted by atomic mass is 9.95. The van der Waals surface area contributed by atoms with E-state index in [9.17, 15) is 4.79 Å². The van der Waals surface area contributed by atoms with Crippen LogP contribution >= 0.6 is 0 Å². The summed E-state index contributed by atoms with van der Waals surface area (Å²) < 4.78 is 19.2. The number of benzene rings is 1. The van der Waals surface area contributed by atoms with Crippen molar-refractivity contribution in [3.63, 3.8) is 0 Å². The number of ether oxygens (including phenoxy) is 2. The lowest BCUT2D eigenvalue weighted by Gasteiger charge is -2.33. The number of aromatic amines is 1. The van der Waals surface area contributed by atoms with Gasteiger partial charge in [0.05, 0.1) is 32.1 Å². The molecular formula is C28H34N6O4. The van der Waals surface area contributed by atoms with Crippen molar-refractivity contribution in [2.24, 2.45) is 0 Å². The van der Waals surface area contributed by atoms with Gasteiger partial charge in [-0.3, -0.25) is 9.69 Å². The number of methoxy groups -OCH3 is 1. The Morgan fingerprint density at radius 2 is 2.05 bits per heavy atom. The molecule has 1 aliphatic carbocycles. The standard InChI is InChI=1S/C28H34N6O4/c1-36-21-11-12-25-19(15-21)16-24(28(35)29-25)26(27-30-31-32-34(27)20-7-3-2-4-8-20)33(17-22-9-5-13-37-22)18-23-10-6-14-38-23/h5,9,11-13,15-16,20,23,26H,2-4,6-8,10,14,17-18H2,1H3,(H,29,35). The van der Waals surface area contributed by atoms with Gasteiger partial charge in [-0.25, -0.2) is 4.68 Å². The molecule has 2 unspecified atom stereocenters. The van der Waals surface area contributed by atoms with Gasteiger partial charge in [0.2, 0.25) is 0 Å². The molecule has 1 saturated heterocycles. The van der Waals surface area contributed by atoms with Gasteiger partial charge in [0, 0.05) is 29.6 Å². The first-order valence-corrected chi connectivity index (χ1v) is 13.6. The van der Waals surface area contributed by atoms with Gasteiger partial charge in [0.15, 0.2) is 5.82 Å². The van der Waals surface area contributed by atoms with Crippen LogP contribution in [-0.4, -0.2) is 56.5 Å². The summed E-state index contributed by atoms with van der Waals surface area (Å²) in [6.45, 7) is 1.86. The van der Waals surface area contributed by atoms with Gasteiger partial charge in [0.25, 0.3) is 5.56 Å². The third-order valence-electron chi connectivity index (χ3n) is 7.82. The molecule has 0 amide bonds. The molecule has 200 valence electrons. The number of fused-ring (bicyclic) bond motifs is 1. The zero-order valence-corrected chi connectivity index (χ0v) is 21.7. The number of hydrogen-bond acceptors (Lipinski definition) is 8. The van der Waals surface area contributed by atoms with E-state index < -0.39 is 6.04 Å². The molecule has 2 fully saturated rings. The van der Waals surface area contributed by atoms with E-state index in [-0.39, 0.29) is 17.7 Å². The second-order valence-corrected chi connectivity index (χ2v) is 10.3. The van der Waals surface area contributed by atoms with E-state index in [1.54, 1.807) is 13.4 Å². The SMILES string of the molecule is COc1ccc2[nH]c(=O)c(C(c3nnnn3C3CCCCC3)N(Cc3ccco3)CC3CCCO3)cc2c1. The van der Waals surface area contributed by atoms with Crippen molar-refractivity contribution < 1.29 is 13.9 Å². The molecule has 1 N–H and O–H groups in total. The number of aromatic nitrogens is 5. The number of H-pyrrole nitrogens is 1. The Hall–Kier alpha value is -3.50. The molecule has 10 nitrogen and oxygen atoms in total. The van der Waals surface area contributed by atoms with Crippen molar-refractivity contribution in [2.45, 2.75) is 69.7 Å². The molecule has 1 aromatic carbocycles. The van der Waals surface area contributed by atoms with Gasteiger partial charge in [0.1, 0.15) is 17.6 Å². The van der Waals surface area contributed by atoms with Crippen LogP contribution in [0.5, 0.6) is 5.75 Å². The third kappa shape index (κ3) is 5.10. The predicted octanol–water partition coefficient (Wildman–Crippen LogP) is 4.39. The first kappa shape index (κ1) is 24.8. The lowest BCUT2D eigenvalue weighted by molar-refractivity contribution is 0.0539. The quantitative estimate of drug-likeness (QED) is 0.347. The average Bonchev–Trinajstić information content (AvgIpc) is 3.73. The molecule has 4 aromatic rings. The maximum Gasteiger partial charge on any atom is 0.253 e. The normalized spacial score (nSPS) is 19.4. The molecule has 1 aliphatic heterocycles. The molecule has 2 atom stereocenters. The Bertz CT molecular complexity index is 1400. The van der Waals surface area contributed by atoms with Gasteiger partial charge in [-0.2, -0.15) is 0 Å². The summed E-state index contributed by atoms with van der Waals surface area (Å²) in [6.07, 6.45) is 9.32. The maximum atomic E-state index is 13.7. The second kappa shape index (κ2) is 11.1. The van der Waals surface area contributed by atoms with E-state index in [4.69, 9.17) is 13.9 Å². The summed E-state index contributed by atoms with van der Waals surface area (Å²) in [5.74, 6) is 2.21. The molecule has 4 heterocycles. The minimum atomic E-state index is -0.499. The number of hydrogen-bond donors (Lipinski definition) is 1. The first-order valence-electron chi connectivity index (χ1n) is 13.6. The second-order valence-electron chi connectivity index (χ2n) is 10.3. The molecule has 0 bridgehead atoms. The zero-order valence-electron chi connectivity index (χ0n) is 21.7. The summed E-state index contributed by atoms with van der Waals surface area (Å²) in [5.41, 5.74) is 1.17. The minimum Gasteiger partial charge on any atom is -0.497 e. The fourth-order valence-electron chi connectivity index (χ4n) is 5.91. The van der Waals surface area contributed by atoms with Crippen LogP contribution < -0.4 is 10.3 Å². The van der Waals surface area contributed by atoms with Crippen molar-refractivity contribution in [1.29, 1.82) is 0 Å². The van der Waals surface area contributed by atoms with E-state index in [0.717, 1.165) is 67.5 Å². The highest BCUT2D eigenvalue weighted by Gasteiger charge is 2.35. The number of rotatable bonds is 9. The summed E-state index contributed by atoms with van der Waals surface area (Å²) in [4.78, 5) is 19.0. The van der Waals surface area contributed by atoms with Crippen LogP contribution in [0.3, 0.4) is 0 Å². The summed E-state index contributed by atoms with van der Waals surface area (Å²) >= 11 is 0. The number of tetrazole rings is 1. The average molecular weight is 519 g/mol. The van der Waals surface area contributed by atoms with Gasteiger partial charge in [-0.1, -0.05) is 19.3 Å². The van der Waals surface area contributed by atoms with Crippen LogP contribution in [0.1, 0.15) is 74.2 Å². The molecule has 10 heteroatoms. The molecule has 0 spiro atoms. The Labute approximate surface area is 220 Å². The van der Waals surface area contributed by atoms with E-state index in [1.165, 1.54) is 6.42 Å². The summed E-state index contributed by atoms with van der Waals surface area (Å²) in [6, 6.07) is 11.2. The van der Waals surface area contributed by atoms with Gasteiger partial charge >= 0.3 is 0 Å². The van der Waals surface area contributed by atoms with Crippen molar-refractivity contribution in [1.82, 2.24) is 30.1 Å². The molecule has 38 heavy (non-hydrogen) atoms. The Balaban J connectivity index is 1.50. The van der Waals surface area contributed by atoms with E-state index in [1.807, 2.05) is 41.1 Å². The third-order valence-corrected chi connectivity index (χ3v) is 7.82. The molecule has 0 radical (unpaired) electrons. The van der Waals surface area contributed by atoms with Crippen LogP contribution in [0.2, 0.25) is 0 Å². The summed E-state index contributed by atoms with van der Waals surface area (Å²) in [5, 5.41) is 14.0. The van der Waals surface area contributed by atoms with Crippen molar-refractivity contribution >= 4 is 10.9 Å². The smallest absolute Gasteiger partial charge is 0.253 e. The van der Waals surface area contributed by atoms with Crippen molar-refractivity contribution in [3.05, 3.63) is 70.2 Å². The Kier molecular flexibility index (Phi) is 7.24. The molecule has 2 aliphatic rings. The van der Waals surface area contributed by atoms with Crippen LogP contribution in [0.25, 0.3) is 10.9 Å².